The van der Waals surface area contributed by atoms with Gasteiger partial charge in [-0.3, -0.25) is 4.79 Å². The molecule has 0 bridgehead atoms. The zero-order valence-electron chi connectivity index (χ0n) is 14.5. The van der Waals surface area contributed by atoms with Crippen molar-refractivity contribution in [2.45, 2.75) is 25.5 Å². The van der Waals surface area contributed by atoms with E-state index in [-0.39, 0.29) is 11.7 Å². The SMILES string of the molecule is Cc1cc(Br)cc(C)c1NC(=O)CSc1nnc(Cc2ccccc2)o1. The number of carbonyl (C=O) groups is 1. The van der Waals surface area contributed by atoms with E-state index in [4.69, 9.17) is 4.42 Å². The Morgan fingerprint density at radius 3 is 2.54 bits per heavy atom. The molecule has 3 aromatic rings. The van der Waals surface area contributed by atoms with Crippen LogP contribution in [0, 0.1) is 13.8 Å². The fourth-order valence-corrected chi connectivity index (χ4v) is 3.82. The highest BCUT2D eigenvalue weighted by Gasteiger charge is 2.12. The number of benzene rings is 2. The van der Waals surface area contributed by atoms with E-state index in [9.17, 15) is 4.79 Å². The number of aryl methyl sites for hydroxylation is 2. The van der Waals surface area contributed by atoms with E-state index in [1.54, 1.807) is 0 Å². The molecule has 7 heteroatoms. The van der Waals surface area contributed by atoms with Gasteiger partial charge in [-0.25, -0.2) is 0 Å². The molecule has 0 fully saturated rings. The summed E-state index contributed by atoms with van der Waals surface area (Å²) < 4.78 is 6.60. The van der Waals surface area contributed by atoms with Crippen molar-refractivity contribution in [2.75, 3.05) is 11.1 Å². The van der Waals surface area contributed by atoms with Crippen LogP contribution in [0.5, 0.6) is 0 Å². The van der Waals surface area contributed by atoms with Crippen molar-refractivity contribution >= 4 is 39.3 Å². The minimum atomic E-state index is -0.105. The highest BCUT2D eigenvalue weighted by Crippen LogP contribution is 2.25. The minimum Gasteiger partial charge on any atom is -0.416 e. The van der Waals surface area contributed by atoms with Gasteiger partial charge >= 0.3 is 0 Å². The van der Waals surface area contributed by atoms with Crippen molar-refractivity contribution in [3.8, 4) is 0 Å². The van der Waals surface area contributed by atoms with Crippen LogP contribution < -0.4 is 5.32 Å². The maximum atomic E-state index is 12.2. The summed E-state index contributed by atoms with van der Waals surface area (Å²) in [6.45, 7) is 3.93. The Labute approximate surface area is 164 Å². The maximum Gasteiger partial charge on any atom is 0.277 e. The second kappa shape index (κ2) is 8.51. The molecular weight excluding hydrogens is 414 g/mol. The molecule has 0 aliphatic rings. The number of carbonyl (C=O) groups excluding carboxylic acids is 1. The Hall–Kier alpha value is -2.12. The van der Waals surface area contributed by atoms with Gasteiger partial charge in [-0.1, -0.05) is 58.0 Å². The Morgan fingerprint density at radius 1 is 1.15 bits per heavy atom. The molecule has 26 heavy (non-hydrogen) atoms. The molecule has 1 N–H and O–H groups in total. The number of rotatable bonds is 6. The summed E-state index contributed by atoms with van der Waals surface area (Å²) in [6.07, 6.45) is 0.581. The van der Waals surface area contributed by atoms with Crippen LogP contribution >= 0.6 is 27.7 Å². The summed E-state index contributed by atoms with van der Waals surface area (Å²) in [5.74, 6) is 0.645. The van der Waals surface area contributed by atoms with Crippen molar-refractivity contribution in [1.82, 2.24) is 10.2 Å². The molecule has 1 aromatic heterocycles. The van der Waals surface area contributed by atoms with Crippen LogP contribution in [0.4, 0.5) is 5.69 Å². The van der Waals surface area contributed by atoms with Crippen LogP contribution in [-0.4, -0.2) is 21.9 Å². The van der Waals surface area contributed by atoms with E-state index in [1.807, 2.05) is 56.3 Å². The number of amides is 1. The standard InChI is InChI=1S/C19H18BrN3O2S/c1-12-8-15(20)9-13(2)18(12)21-16(24)11-26-19-23-22-17(25-19)10-14-6-4-3-5-7-14/h3-9H,10-11H2,1-2H3,(H,21,24). The second-order valence-electron chi connectivity index (χ2n) is 5.88. The first-order chi connectivity index (χ1) is 12.5. The number of nitrogens with one attached hydrogen (secondary N) is 1. The van der Waals surface area contributed by atoms with Crippen LogP contribution in [0.25, 0.3) is 0 Å². The first-order valence-corrected chi connectivity index (χ1v) is 9.85. The molecule has 134 valence electrons. The first-order valence-electron chi connectivity index (χ1n) is 8.07. The third-order valence-electron chi connectivity index (χ3n) is 3.74. The Bertz CT molecular complexity index is 889. The molecule has 0 atom stereocenters. The van der Waals surface area contributed by atoms with E-state index < -0.39 is 0 Å². The number of halogens is 1. The highest BCUT2D eigenvalue weighted by molar-refractivity contribution is 9.10. The van der Waals surface area contributed by atoms with Gasteiger partial charge in [0.2, 0.25) is 11.8 Å². The molecule has 0 saturated heterocycles. The second-order valence-corrected chi connectivity index (χ2v) is 7.72. The molecule has 0 unspecified atom stereocenters. The van der Waals surface area contributed by atoms with Gasteiger partial charge in [0.15, 0.2) is 0 Å². The molecular formula is C19H18BrN3O2S. The summed E-state index contributed by atoms with van der Waals surface area (Å²) in [4.78, 5) is 12.2. The van der Waals surface area contributed by atoms with Crippen molar-refractivity contribution in [2.24, 2.45) is 0 Å². The molecule has 0 aliphatic heterocycles. The summed E-state index contributed by atoms with van der Waals surface area (Å²) in [5.41, 5.74) is 3.97. The molecule has 1 amide bonds. The van der Waals surface area contributed by atoms with E-state index in [0.29, 0.717) is 17.5 Å². The molecule has 3 rings (SSSR count). The van der Waals surface area contributed by atoms with Crippen molar-refractivity contribution in [3.63, 3.8) is 0 Å². The average molecular weight is 432 g/mol. The predicted molar refractivity (Wildman–Crippen MR) is 107 cm³/mol. The zero-order valence-corrected chi connectivity index (χ0v) is 16.9. The molecule has 0 spiro atoms. The van der Waals surface area contributed by atoms with Gasteiger partial charge in [0.25, 0.3) is 5.22 Å². The van der Waals surface area contributed by atoms with E-state index in [0.717, 1.165) is 26.9 Å². The van der Waals surface area contributed by atoms with Crippen molar-refractivity contribution < 1.29 is 9.21 Å². The van der Waals surface area contributed by atoms with Gasteiger partial charge in [0, 0.05) is 10.2 Å². The summed E-state index contributed by atoms with van der Waals surface area (Å²) >= 11 is 4.69. The fourth-order valence-electron chi connectivity index (χ4n) is 2.55. The third kappa shape index (κ3) is 4.95. The number of hydrogen-bond acceptors (Lipinski definition) is 5. The van der Waals surface area contributed by atoms with E-state index in [1.165, 1.54) is 11.8 Å². The quantitative estimate of drug-likeness (QED) is 0.569. The van der Waals surface area contributed by atoms with Crippen LogP contribution in [0.3, 0.4) is 0 Å². The fraction of sp³-hybridized carbons (Fsp3) is 0.211. The van der Waals surface area contributed by atoms with Crippen LogP contribution in [-0.2, 0) is 11.2 Å². The maximum absolute atomic E-state index is 12.2. The van der Waals surface area contributed by atoms with Gasteiger partial charge in [-0.2, -0.15) is 0 Å². The lowest BCUT2D eigenvalue weighted by atomic mass is 10.1. The molecule has 0 aliphatic carbocycles. The topological polar surface area (TPSA) is 68.0 Å². The van der Waals surface area contributed by atoms with Gasteiger partial charge < -0.3 is 9.73 Å². The molecule has 2 aromatic carbocycles. The van der Waals surface area contributed by atoms with E-state index in [2.05, 4.69) is 31.4 Å². The first kappa shape index (κ1) is 18.7. The Morgan fingerprint density at radius 2 is 1.85 bits per heavy atom. The summed E-state index contributed by atoms with van der Waals surface area (Å²) in [5, 5.41) is 11.4. The van der Waals surface area contributed by atoms with Crippen LogP contribution in [0.15, 0.2) is 56.6 Å². The predicted octanol–water partition coefficient (Wildman–Crippen LogP) is 4.77. The number of thioether (sulfide) groups is 1. The Balaban J connectivity index is 1.55. The summed E-state index contributed by atoms with van der Waals surface area (Å²) in [7, 11) is 0. The van der Waals surface area contributed by atoms with Crippen molar-refractivity contribution in [1.29, 1.82) is 0 Å². The van der Waals surface area contributed by atoms with Gasteiger partial charge in [0.1, 0.15) is 0 Å². The highest BCUT2D eigenvalue weighted by atomic mass is 79.9. The monoisotopic (exact) mass is 431 g/mol. The zero-order chi connectivity index (χ0) is 18.5. The average Bonchev–Trinajstić information content (AvgIpc) is 3.04. The minimum absolute atomic E-state index is 0.105. The lowest BCUT2D eigenvalue weighted by molar-refractivity contribution is -0.113. The lowest BCUT2D eigenvalue weighted by Gasteiger charge is -2.11. The molecule has 0 radical (unpaired) electrons. The van der Waals surface area contributed by atoms with Gasteiger partial charge in [-0.05, 0) is 42.7 Å². The third-order valence-corrected chi connectivity index (χ3v) is 5.01. The number of anilines is 1. The smallest absolute Gasteiger partial charge is 0.277 e. The van der Waals surface area contributed by atoms with E-state index >= 15 is 0 Å². The largest absolute Gasteiger partial charge is 0.416 e. The molecule has 1 heterocycles. The van der Waals surface area contributed by atoms with Crippen LogP contribution in [0.1, 0.15) is 22.6 Å². The van der Waals surface area contributed by atoms with Crippen molar-refractivity contribution in [3.05, 3.63) is 69.5 Å². The number of nitrogens with zero attached hydrogens (tertiary/aromatic N) is 2. The molecule has 5 nitrogen and oxygen atoms in total. The number of hydrogen-bond donors (Lipinski definition) is 1. The van der Waals surface area contributed by atoms with Gasteiger partial charge in [0.05, 0.1) is 12.2 Å². The van der Waals surface area contributed by atoms with Gasteiger partial charge in [-0.15, -0.1) is 10.2 Å². The summed E-state index contributed by atoms with van der Waals surface area (Å²) in [6, 6.07) is 13.9. The number of aromatic nitrogens is 2. The van der Waals surface area contributed by atoms with Crippen LogP contribution in [0.2, 0.25) is 0 Å². The lowest BCUT2D eigenvalue weighted by Crippen LogP contribution is -2.15. The normalized spacial score (nSPS) is 10.7. The molecule has 0 saturated carbocycles. The Kier molecular flexibility index (Phi) is 6.11.